The maximum Gasteiger partial charge on any atom is 0.108 e. The van der Waals surface area contributed by atoms with Crippen LogP contribution < -0.4 is 20.5 Å². The van der Waals surface area contributed by atoms with Gasteiger partial charge in [-0.2, -0.15) is 0 Å². The van der Waals surface area contributed by atoms with E-state index in [0.717, 1.165) is 80.7 Å². The number of thiol groups is 1. The Bertz CT molecular complexity index is 3380. The van der Waals surface area contributed by atoms with Gasteiger partial charge >= 0.3 is 0 Å². The summed E-state index contributed by atoms with van der Waals surface area (Å²) in [6.07, 6.45) is 0. The third-order valence-corrected chi connectivity index (χ3v) is 13.4. The Morgan fingerprint density at radius 3 is 1.15 bits per heavy atom. The zero-order valence-electron chi connectivity index (χ0n) is 32.5. The van der Waals surface area contributed by atoms with Crippen molar-refractivity contribution in [2.75, 3.05) is 9.80 Å². The van der Waals surface area contributed by atoms with Crippen molar-refractivity contribution < 1.29 is 0 Å². The third kappa shape index (κ3) is 6.33. The maximum atomic E-state index is 10.0. The Balaban J connectivity index is 1.22. The van der Waals surface area contributed by atoms with E-state index in [-0.39, 0.29) is 5.71 Å². The van der Waals surface area contributed by atoms with E-state index in [0.29, 0.717) is 22.0 Å². The van der Waals surface area contributed by atoms with E-state index >= 15 is 0 Å². The summed E-state index contributed by atoms with van der Waals surface area (Å²) in [7, 11) is 0. The lowest BCUT2D eigenvalue weighted by Crippen LogP contribution is -2.45. The Hall–Kier alpha value is -7.17. The fourth-order valence-electron chi connectivity index (χ4n) is 8.34. The minimum atomic E-state index is 0.244. The molecule has 0 saturated carbocycles. The highest BCUT2D eigenvalue weighted by atomic mass is 32.1. The summed E-state index contributed by atoms with van der Waals surface area (Å²) in [5.41, 5.74) is 7.85. The van der Waals surface area contributed by atoms with Crippen molar-refractivity contribution in [3.63, 3.8) is 0 Å². The average Bonchev–Trinajstić information content (AvgIpc) is 4.01. The van der Waals surface area contributed by atoms with E-state index in [1.165, 1.54) is 0 Å². The molecule has 3 heterocycles. The second-order valence-corrected chi connectivity index (χ2v) is 16.9. The molecule has 290 valence electrons. The summed E-state index contributed by atoms with van der Waals surface area (Å²) in [6.45, 7) is 0. The number of hydrogen-bond acceptors (Lipinski definition) is 9. The van der Waals surface area contributed by atoms with Gasteiger partial charge < -0.3 is 9.80 Å². The van der Waals surface area contributed by atoms with Crippen LogP contribution in [0, 0.1) is 5.41 Å². The van der Waals surface area contributed by atoms with Gasteiger partial charge in [-0.3, -0.25) is 5.41 Å². The van der Waals surface area contributed by atoms with Crippen molar-refractivity contribution in [3.8, 4) is 0 Å². The van der Waals surface area contributed by atoms with Crippen molar-refractivity contribution >= 4 is 123 Å². The molecule has 0 atom stereocenters. The number of benzene rings is 7. The van der Waals surface area contributed by atoms with Gasteiger partial charge in [-0.05, 0) is 96.4 Å². The van der Waals surface area contributed by atoms with Crippen LogP contribution in [0.25, 0.3) is 43.7 Å². The fourth-order valence-corrected chi connectivity index (χ4v) is 10.7. The van der Waals surface area contributed by atoms with E-state index in [1.807, 2.05) is 24.3 Å². The molecule has 61 heavy (non-hydrogen) atoms. The van der Waals surface area contributed by atoms with Gasteiger partial charge in [0.1, 0.15) is 26.4 Å². The number of fused-ring (bicyclic) bond motifs is 7. The third-order valence-electron chi connectivity index (χ3n) is 11.0. The van der Waals surface area contributed by atoms with E-state index in [9.17, 15) is 5.41 Å². The second kappa shape index (κ2) is 15.5. The summed E-state index contributed by atoms with van der Waals surface area (Å²) in [4.78, 5) is 17.5. The van der Waals surface area contributed by atoms with E-state index in [2.05, 4.69) is 197 Å². The quantitative estimate of drug-likeness (QED) is 0.118. The largest absolute Gasteiger partial charge is 0.302 e. The number of hydrogen-bond donors (Lipinski definition) is 2. The summed E-state index contributed by atoms with van der Waals surface area (Å²) < 4.78 is 4.61. The predicted octanol–water partition coefficient (Wildman–Crippen LogP) is 12.7. The van der Waals surface area contributed by atoms with Crippen molar-refractivity contribution in [3.05, 3.63) is 215 Å². The summed E-state index contributed by atoms with van der Waals surface area (Å²) in [6, 6.07) is 66.8. The maximum absolute atomic E-state index is 10.0. The first kappa shape index (κ1) is 36.9. The average molecular weight is 839 g/mol. The SMILES string of the molecule is N=C1C(=NS)C(c2ccc(N(c3ccccc3)c3ccccc3)s2)=c2nc3c4ccccc4c4ccccc4c3nc2=C1c1ccc(N(c2ccccc2)c2ccccc2)s1. The smallest absolute Gasteiger partial charge is 0.108 e. The molecule has 1 aliphatic rings. The minimum Gasteiger partial charge on any atom is -0.302 e. The molecule has 3 aromatic heterocycles. The zero-order valence-corrected chi connectivity index (χ0v) is 35.0. The number of anilines is 6. The molecule has 10 aromatic rings. The number of para-hydroxylation sites is 4. The van der Waals surface area contributed by atoms with Crippen LogP contribution in [0.15, 0.2) is 199 Å². The Kier molecular flexibility index (Phi) is 9.34. The van der Waals surface area contributed by atoms with Gasteiger partial charge in [0.2, 0.25) is 0 Å². The lowest BCUT2D eigenvalue weighted by molar-refractivity contribution is 1.16. The van der Waals surface area contributed by atoms with Crippen molar-refractivity contribution in [2.24, 2.45) is 4.40 Å². The molecule has 0 radical (unpaired) electrons. The summed E-state index contributed by atoms with van der Waals surface area (Å²) >= 11 is 7.85. The predicted molar refractivity (Wildman–Crippen MR) is 261 cm³/mol. The second-order valence-electron chi connectivity index (χ2n) is 14.6. The number of nitrogens with one attached hydrogen (secondary N) is 1. The summed E-state index contributed by atoms with van der Waals surface area (Å²) in [5, 5.41) is 17.6. The van der Waals surface area contributed by atoms with Gasteiger partial charge in [-0.1, -0.05) is 121 Å². The van der Waals surface area contributed by atoms with Crippen LogP contribution in [0.2, 0.25) is 0 Å². The number of thiophene rings is 2. The van der Waals surface area contributed by atoms with Crippen molar-refractivity contribution in [1.82, 2.24) is 9.97 Å². The molecule has 0 aliphatic heterocycles. The number of rotatable bonds is 8. The van der Waals surface area contributed by atoms with Crippen LogP contribution in [0.3, 0.4) is 0 Å². The van der Waals surface area contributed by atoms with Crippen LogP contribution in [0.4, 0.5) is 32.8 Å². The highest BCUT2D eigenvalue weighted by Crippen LogP contribution is 2.43. The van der Waals surface area contributed by atoms with Crippen LogP contribution in [0.1, 0.15) is 9.75 Å². The van der Waals surface area contributed by atoms with E-state index in [4.69, 9.17) is 9.97 Å². The molecule has 0 fully saturated rings. The first-order valence-corrected chi connectivity index (χ1v) is 21.9. The van der Waals surface area contributed by atoms with E-state index in [1.54, 1.807) is 22.7 Å². The molecule has 1 aliphatic carbocycles. The normalized spacial score (nSPS) is 13.3. The molecular weight excluding hydrogens is 805 g/mol. The van der Waals surface area contributed by atoms with Gasteiger partial charge in [0.05, 0.1) is 16.7 Å². The van der Waals surface area contributed by atoms with Crippen molar-refractivity contribution in [2.45, 2.75) is 0 Å². The Morgan fingerprint density at radius 2 is 0.754 bits per heavy atom. The number of aromatic nitrogens is 2. The lowest BCUT2D eigenvalue weighted by atomic mass is 9.91. The van der Waals surface area contributed by atoms with Crippen LogP contribution >= 0.6 is 35.5 Å². The molecule has 0 amide bonds. The first-order valence-electron chi connectivity index (χ1n) is 19.8. The summed E-state index contributed by atoms with van der Waals surface area (Å²) in [5.74, 6) is 0. The molecule has 9 heteroatoms. The van der Waals surface area contributed by atoms with Crippen LogP contribution in [-0.2, 0) is 0 Å². The molecule has 1 N–H and O–H groups in total. The first-order chi connectivity index (χ1) is 30.2. The molecule has 0 unspecified atom stereocenters. The molecule has 0 spiro atoms. The molecule has 11 rings (SSSR count). The molecule has 6 nitrogen and oxygen atoms in total. The Morgan fingerprint density at radius 1 is 0.410 bits per heavy atom. The van der Waals surface area contributed by atoms with Crippen LogP contribution in [0.5, 0.6) is 0 Å². The van der Waals surface area contributed by atoms with E-state index < -0.39 is 0 Å². The zero-order chi connectivity index (χ0) is 40.9. The standard InChI is InChI=1S/C52H34N6S3/c53-47-45(41-29-31-43(60-41)57(33-17-5-1-6-18-33)34-19-7-2-8-20-34)51-52(55-49-40-28-16-14-26-38(40)37-25-13-15-27-39(37)48(49)54-51)46(50(47)56-59)42-30-32-44(61-42)58(35-21-9-3-10-22-35)36-23-11-4-12-24-36/h1-32,53,59H. The minimum absolute atomic E-state index is 0.244. The van der Waals surface area contributed by atoms with Gasteiger partial charge in [-0.25, -0.2) is 14.4 Å². The van der Waals surface area contributed by atoms with Gasteiger partial charge in [0, 0.05) is 54.4 Å². The molecular formula is C52H34N6S3. The van der Waals surface area contributed by atoms with Crippen molar-refractivity contribution in [1.29, 1.82) is 5.41 Å². The van der Waals surface area contributed by atoms with Gasteiger partial charge in [0.25, 0.3) is 0 Å². The highest BCUT2D eigenvalue weighted by molar-refractivity contribution is 7.79. The fraction of sp³-hybridized carbons (Fsp3) is 0. The highest BCUT2D eigenvalue weighted by Gasteiger charge is 2.31. The van der Waals surface area contributed by atoms with Gasteiger partial charge in [-0.15, -0.1) is 22.7 Å². The molecule has 7 aromatic carbocycles. The lowest BCUT2D eigenvalue weighted by Gasteiger charge is -2.24. The van der Waals surface area contributed by atoms with Crippen LogP contribution in [-0.4, -0.2) is 21.4 Å². The van der Waals surface area contributed by atoms with Gasteiger partial charge in [0.15, 0.2) is 0 Å². The molecule has 0 bridgehead atoms. The topological polar surface area (TPSA) is 68.5 Å². The number of nitrogens with zero attached hydrogens (tertiary/aromatic N) is 5. The Labute approximate surface area is 365 Å². The molecule has 0 saturated heterocycles. The monoisotopic (exact) mass is 838 g/mol.